The molecule has 0 radical (unpaired) electrons. The smallest absolute Gasteiger partial charge is 0.253 e. The van der Waals surface area contributed by atoms with Crippen LogP contribution < -0.4 is 0 Å². The number of hydrogen-bond donors (Lipinski definition) is 1. The Kier molecular flexibility index (Phi) is 3.47. The van der Waals surface area contributed by atoms with Gasteiger partial charge < -0.3 is 4.90 Å². The SMILES string of the molecule is C=C1CC(N(C)C(=O)c2ccc(Cl)c(-c3nn[nH]n3)c2)C1. The molecule has 1 amide bonds. The molecule has 2 aromatic rings. The molecule has 1 N–H and O–H groups in total. The Morgan fingerprint density at radius 1 is 1.48 bits per heavy atom. The van der Waals surface area contributed by atoms with Crippen LogP contribution in [-0.4, -0.2) is 44.5 Å². The van der Waals surface area contributed by atoms with E-state index in [-0.39, 0.29) is 11.9 Å². The van der Waals surface area contributed by atoms with Crippen LogP contribution >= 0.6 is 11.6 Å². The van der Waals surface area contributed by atoms with Crippen LogP contribution in [0.15, 0.2) is 30.4 Å². The molecular weight excluding hydrogens is 290 g/mol. The number of aromatic nitrogens is 4. The summed E-state index contributed by atoms with van der Waals surface area (Å²) in [7, 11) is 1.81. The molecule has 0 aliphatic heterocycles. The van der Waals surface area contributed by atoms with Crippen molar-refractivity contribution in [2.24, 2.45) is 0 Å². The van der Waals surface area contributed by atoms with Gasteiger partial charge in [0.25, 0.3) is 5.91 Å². The first-order chi connectivity index (χ1) is 10.1. The lowest BCUT2D eigenvalue weighted by atomic mass is 9.86. The van der Waals surface area contributed by atoms with Gasteiger partial charge in [-0.05, 0) is 36.3 Å². The number of nitrogens with one attached hydrogen (secondary N) is 1. The van der Waals surface area contributed by atoms with E-state index >= 15 is 0 Å². The third-order valence-corrected chi connectivity index (χ3v) is 4.05. The van der Waals surface area contributed by atoms with Crippen molar-refractivity contribution in [3.05, 3.63) is 40.9 Å². The van der Waals surface area contributed by atoms with E-state index in [1.807, 2.05) is 7.05 Å². The molecule has 6 nitrogen and oxygen atoms in total. The van der Waals surface area contributed by atoms with E-state index in [1.165, 1.54) is 5.57 Å². The number of carbonyl (C=O) groups excluding carboxylic acids is 1. The molecule has 1 aliphatic carbocycles. The van der Waals surface area contributed by atoms with Crippen LogP contribution in [0.2, 0.25) is 5.02 Å². The topological polar surface area (TPSA) is 74.8 Å². The molecule has 0 atom stereocenters. The molecule has 21 heavy (non-hydrogen) atoms. The maximum absolute atomic E-state index is 12.5. The standard InChI is InChI=1S/C14H14ClN5O/c1-8-5-10(6-8)20(2)14(21)9-3-4-12(15)11(7-9)13-16-18-19-17-13/h3-4,7,10H,1,5-6H2,2H3,(H,16,17,18,19). The molecule has 0 unspecified atom stereocenters. The van der Waals surface area contributed by atoms with Gasteiger partial charge in [-0.25, -0.2) is 0 Å². The second-order valence-electron chi connectivity index (χ2n) is 5.16. The summed E-state index contributed by atoms with van der Waals surface area (Å²) in [5.74, 6) is 0.322. The Bertz CT molecular complexity index is 689. The maximum Gasteiger partial charge on any atom is 0.253 e. The van der Waals surface area contributed by atoms with Crippen LogP contribution in [0.1, 0.15) is 23.2 Å². The minimum absolute atomic E-state index is 0.0473. The molecule has 1 aromatic heterocycles. The van der Waals surface area contributed by atoms with Crippen molar-refractivity contribution in [3.63, 3.8) is 0 Å². The van der Waals surface area contributed by atoms with Gasteiger partial charge in [0.2, 0.25) is 5.82 Å². The second-order valence-corrected chi connectivity index (χ2v) is 5.57. The van der Waals surface area contributed by atoms with E-state index in [0.29, 0.717) is 22.0 Å². The number of tetrazole rings is 1. The van der Waals surface area contributed by atoms with Gasteiger partial charge in [-0.1, -0.05) is 23.8 Å². The highest BCUT2D eigenvalue weighted by atomic mass is 35.5. The first-order valence-electron chi connectivity index (χ1n) is 6.53. The Morgan fingerprint density at radius 2 is 2.24 bits per heavy atom. The summed E-state index contributed by atoms with van der Waals surface area (Å²) in [5.41, 5.74) is 2.32. The van der Waals surface area contributed by atoms with Gasteiger partial charge >= 0.3 is 0 Å². The van der Waals surface area contributed by atoms with Crippen molar-refractivity contribution in [1.29, 1.82) is 0 Å². The van der Waals surface area contributed by atoms with Crippen LogP contribution in [0, 0.1) is 0 Å². The summed E-state index contributed by atoms with van der Waals surface area (Å²) in [6.07, 6.45) is 1.74. The molecule has 3 rings (SSSR count). The van der Waals surface area contributed by atoms with Gasteiger partial charge in [0.1, 0.15) is 0 Å². The zero-order chi connectivity index (χ0) is 15.0. The zero-order valence-corrected chi connectivity index (χ0v) is 12.3. The number of rotatable bonds is 3. The number of amides is 1. The van der Waals surface area contributed by atoms with Crippen LogP contribution in [-0.2, 0) is 0 Å². The average Bonchev–Trinajstić information content (AvgIpc) is 2.97. The third-order valence-electron chi connectivity index (χ3n) is 3.72. The van der Waals surface area contributed by atoms with E-state index < -0.39 is 0 Å². The fourth-order valence-corrected chi connectivity index (χ4v) is 2.56. The summed E-state index contributed by atoms with van der Waals surface area (Å²) >= 11 is 6.13. The van der Waals surface area contributed by atoms with Crippen molar-refractivity contribution < 1.29 is 4.79 Å². The van der Waals surface area contributed by atoms with E-state index in [9.17, 15) is 4.79 Å². The number of aromatic amines is 1. The number of benzene rings is 1. The van der Waals surface area contributed by atoms with Crippen molar-refractivity contribution in [2.75, 3.05) is 7.05 Å². The Hall–Kier alpha value is -2.21. The molecule has 0 bridgehead atoms. The molecule has 1 aromatic carbocycles. The highest BCUT2D eigenvalue weighted by Gasteiger charge is 2.29. The van der Waals surface area contributed by atoms with Crippen LogP contribution in [0.5, 0.6) is 0 Å². The Labute approximate surface area is 126 Å². The molecule has 1 heterocycles. The molecule has 0 saturated heterocycles. The van der Waals surface area contributed by atoms with Gasteiger partial charge in [0, 0.05) is 24.2 Å². The summed E-state index contributed by atoms with van der Waals surface area (Å²) in [6, 6.07) is 5.31. The normalized spacial score (nSPS) is 14.9. The average molecular weight is 304 g/mol. The summed E-state index contributed by atoms with van der Waals surface area (Å²) in [5, 5.41) is 14.2. The number of H-pyrrole nitrogens is 1. The highest BCUT2D eigenvalue weighted by molar-refractivity contribution is 6.33. The summed E-state index contributed by atoms with van der Waals surface area (Å²) in [4.78, 5) is 14.3. The lowest BCUT2D eigenvalue weighted by Gasteiger charge is -2.36. The first kappa shape index (κ1) is 13.8. The molecule has 1 saturated carbocycles. The predicted molar refractivity (Wildman–Crippen MR) is 78.9 cm³/mol. The monoisotopic (exact) mass is 303 g/mol. The summed E-state index contributed by atoms with van der Waals surface area (Å²) < 4.78 is 0. The molecule has 1 aliphatic rings. The number of hydrogen-bond acceptors (Lipinski definition) is 4. The van der Waals surface area contributed by atoms with Crippen LogP contribution in [0.3, 0.4) is 0 Å². The Balaban J connectivity index is 1.87. The van der Waals surface area contributed by atoms with Crippen molar-refractivity contribution in [3.8, 4) is 11.4 Å². The number of nitrogens with zero attached hydrogens (tertiary/aromatic N) is 4. The van der Waals surface area contributed by atoms with Gasteiger partial charge in [0.15, 0.2) is 0 Å². The van der Waals surface area contributed by atoms with E-state index in [4.69, 9.17) is 11.6 Å². The minimum Gasteiger partial charge on any atom is -0.338 e. The minimum atomic E-state index is -0.0473. The van der Waals surface area contributed by atoms with E-state index in [0.717, 1.165) is 12.8 Å². The largest absolute Gasteiger partial charge is 0.338 e. The lowest BCUT2D eigenvalue weighted by molar-refractivity contribution is 0.0699. The van der Waals surface area contributed by atoms with Crippen LogP contribution in [0.25, 0.3) is 11.4 Å². The van der Waals surface area contributed by atoms with Gasteiger partial charge in [-0.2, -0.15) is 5.21 Å². The van der Waals surface area contributed by atoms with Crippen molar-refractivity contribution in [1.82, 2.24) is 25.5 Å². The first-order valence-corrected chi connectivity index (χ1v) is 6.91. The maximum atomic E-state index is 12.5. The Morgan fingerprint density at radius 3 is 2.86 bits per heavy atom. The molecular formula is C14H14ClN5O. The molecule has 7 heteroatoms. The molecule has 1 fully saturated rings. The molecule has 0 spiro atoms. The second kappa shape index (κ2) is 5.29. The van der Waals surface area contributed by atoms with E-state index in [1.54, 1.807) is 23.1 Å². The summed E-state index contributed by atoms with van der Waals surface area (Å²) in [6.45, 7) is 3.90. The fourth-order valence-electron chi connectivity index (χ4n) is 2.36. The lowest BCUT2D eigenvalue weighted by Crippen LogP contribution is -2.42. The number of carbonyl (C=O) groups is 1. The van der Waals surface area contributed by atoms with Crippen molar-refractivity contribution in [2.45, 2.75) is 18.9 Å². The number of halogens is 1. The highest BCUT2D eigenvalue weighted by Crippen LogP contribution is 2.31. The van der Waals surface area contributed by atoms with E-state index in [2.05, 4.69) is 27.2 Å². The van der Waals surface area contributed by atoms with Gasteiger partial charge in [0.05, 0.1) is 5.02 Å². The van der Waals surface area contributed by atoms with Gasteiger partial charge in [-0.3, -0.25) is 4.79 Å². The zero-order valence-electron chi connectivity index (χ0n) is 11.5. The fraction of sp³-hybridized carbons (Fsp3) is 0.286. The predicted octanol–water partition coefficient (Wildman–Crippen LogP) is 2.31. The van der Waals surface area contributed by atoms with Gasteiger partial charge in [-0.15, -0.1) is 10.2 Å². The van der Waals surface area contributed by atoms with Crippen LogP contribution in [0.4, 0.5) is 0 Å². The van der Waals surface area contributed by atoms with Crippen molar-refractivity contribution >= 4 is 17.5 Å². The quantitative estimate of drug-likeness (QED) is 0.883. The third kappa shape index (κ3) is 2.54. The molecule has 108 valence electrons.